The molecule has 0 bridgehead atoms. The quantitative estimate of drug-likeness (QED) is 0.265. The number of hydrogen-bond donors (Lipinski definition) is 0. The Morgan fingerprint density at radius 1 is 0.833 bits per heavy atom. The second-order valence-electron chi connectivity index (χ2n) is 8.60. The minimum atomic E-state index is 0.0281. The second-order valence-corrected chi connectivity index (χ2v) is 8.60. The summed E-state index contributed by atoms with van der Waals surface area (Å²) in [7, 11) is 1.65. The molecule has 1 aromatic heterocycles. The number of benzene rings is 3. The highest BCUT2D eigenvalue weighted by molar-refractivity contribution is 5.90. The lowest BCUT2D eigenvalue weighted by Gasteiger charge is -2.25. The standard InChI is InChI=1S/C27H29NO2/c1-27(2,3)23-14-8-10-16-25(23)28-24-15-9-6-11-20(24)17-26(28)22-13-7-5-12-21(22)18-30-19-29-4/h5-17H,18-19H2,1-4H3. The first-order valence-electron chi connectivity index (χ1n) is 10.4. The molecule has 1 heterocycles. The molecule has 0 radical (unpaired) electrons. The van der Waals surface area contributed by atoms with Gasteiger partial charge in [0.15, 0.2) is 0 Å². The fourth-order valence-corrected chi connectivity index (χ4v) is 4.05. The van der Waals surface area contributed by atoms with Gasteiger partial charge in [-0.1, -0.05) is 81.4 Å². The van der Waals surface area contributed by atoms with Gasteiger partial charge in [-0.05, 0) is 34.7 Å². The Kier molecular flexibility index (Phi) is 5.76. The molecular formula is C27H29NO2. The molecule has 0 fully saturated rings. The first-order valence-corrected chi connectivity index (χ1v) is 10.4. The SMILES string of the molecule is COCOCc1ccccc1-c1cc2ccccc2n1-c1ccccc1C(C)(C)C. The van der Waals surface area contributed by atoms with Gasteiger partial charge in [-0.3, -0.25) is 0 Å². The molecule has 0 aliphatic heterocycles. The van der Waals surface area contributed by atoms with Crippen LogP contribution < -0.4 is 0 Å². The van der Waals surface area contributed by atoms with Crippen molar-refractivity contribution in [3.05, 3.63) is 90.0 Å². The van der Waals surface area contributed by atoms with E-state index in [9.17, 15) is 0 Å². The summed E-state index contributed by atoms with van der Waals surface area (Å²) in [4.78, 5) is 0. The van der Waals surface area contributed by atoms with E-state index in [2.05, 4.69) is 104 Å². The molecule has 0 saturated heterocycles. The molecule has 3 aromatic carbocycles. The topological polar surface area (TPSA) is 23.4 Å². The number of para-hydroxylation sites is 2. The van der Waals surface area contributed by atoms with E-state index in [1.54, 1.807) is 7.11 Å². The Balaban J connectivity index is 1.98. The predicted molar refractivity (Wildman–Crippen MR) is 124 cm³/mol. The van der Waals surface area contributed by atoms with Crippen LogP contribution in [0.1, 0.15) is 31.9 Å². The van der Waals surface area contributed by atoms with Crippen molar-refractivity contribution in [2.24, 2.45) is 0 Å². The van der Waals surface area contributed by atoms with Crippen LogP contribution in [-0.4, -0.2) is 18.5 Å². The Labute approximate surface area is 178 Å². The smallest absolute Gasteiger partial charge is 0.146 e. The van der Waals surface area contributed by atoms with Crippen LogP contribution in [0.25, 0.3) is 27.8 Å². The van der Waals surface area contributed by atoms with Crippen LogP contribution in [0.5, 0.6) is 0 Å². The summed E-state index contributed by atoms with van der Waals surface area (Å²) in [6.07, 6.45) is 0. The number of hydrogen-bond acceptors (Lipinski definition) is 2. The van der Waals surface area contributed by atoms with Crippen molar-refractivity contribution in [2.75, 3.05) is 13.9 Å². The highest BCUT2D eigenvalue weighted by Crippen LogP contribution is 2.37. The molecule has 3 nitrogen and oxygen atoms in total. The third-order valence-corrected chi connectivity index (χ3v) is 5.42. The van der Waals surface area contributed by atoms with E-state index in [1.165, 1.54) is 33.4 Å². The maximum atomic E-state index is 5.70. The summed E-state index contributed by atoms with van der Waals surface area (Å²) < 4.78 is 13.2. The van der Waals surface area contributed by atoms with Crippen molar-refractivity contribution in [2.45, 2.75) is 32.8 Å². The number of rotatable bonds is 6. The average molecular weight is 400 g/mol. The molecule has 0 atom stereocenters. The normalized spacial score (nSPS) is 11.9. The molecule has 0 N–H and O–H groups in total. The average Bonchev–Trinajstić information content (AvgIpc) is 3.13. The zero-order valence-corrected chi connectivity index (χ0v) is 18.2. The van der Waals surface area contributed by atoms with Gasteiger partial charge in [0.2, 0.25) is 0 Å². The summed E-state index contributed by atoms with van der Waals surface area (Å²) in [6.45, 7) is 7.59. The van der Waals surface area contributed by atoms with Gasteiger partial charge in [0.1, 0.15) is 6.79 Å². The van der Waals surface area contributed by atoms with Gasteiger partial charge in [-0.2, -0.15) is 0 Å². The first-order chi connectivity index (χ1) is 14.5. The Hall–Kier alpha value is -2.88. The number of ether oxygens (including phenoxy) is 2. The molecule has 0 spiro atoms. The first kappa shape index (κ1) is 20.4. The van der Waals surface area contributed by atoms with Crippen molar-refractivity contribution in [1.29, 1.82) is 0 Å². The lowest BCUT2D eigenvalue weighted by Crippen LogP contribution is -2.15. The van der Waals surface area contributed by atoms with Gasteiger partial charge in [0.25, 0.3) is 0 Å². The molecule has 0 aliphatic carbocycles. The van der Waals surface area contributed by atoms with Crippen molar-refractivity contribution >= 4 is 10.9 Å². The maximum Gasteiger partial charge on any atom is 0.146 e. The van der Waals surface area contributed by atoms with E-state index in [1.807, 2.05) is 0 Å². The summed E-state index contributed by atoms with van der Waals surface area (Å²) in [5.74, 6) is 0. The minimum Gasteiger partial charge on any atom is -0.359 e. The van der Waals surface area contributed by atoms with Crippen LogP contribution in [0.2, 0.25) is 0 Å². The van der Waals surface area contributed by atoms with E-state index in [0.717, 1.165) is 5.56 Å². The predicted octanol–water partition coefficient (Wildman–Crippen LogP) is 6.72. The lowest BCUT2D eigenvalue weighted by molar-refractivity contribution is -0.0389. The number of methoxy groups -OCH3 is 1. The van der Waals surface area contributed by atoms with Gasteiger partial charge in [0.05, 0.1) is 17.8 Å². The third-order valence-electron chi connectivity index (χ3n) is 5.42. The molecule has 0 saturated carbocycles. The van der Waals surface area contributed by atoms with Crippen LogP contribution in [0, 0.1) is 0 Å². The molecular weight excluding hydrogens is 370 g/mol. The summed E-state index contributed by atoms with van der Waals surface area (Å²) >= 11 is 0. The van der Waals surface area contributed by atoms with Crippen LogP contribution in [0.4, 0.5) is 0 Å². The van der Waals surface area contributed by atoms with Gasteiger partial charge in [0, 0.05) is 23.7 Å². The third kappa shape index (κ3) is 3.91. The van der Waals surface area contributed by atoms with Crippen LogP contribution in [0.3, 0.4) is 0 Å². The summed E-state index contributed by atoms with van der Waals surface area (Å²) in [5, 5.41) is 1.23. The Bertz CT molecular complexity index is 1150. The highest BCUT2D eigenvalue weighted by Gasteiger charge is 2.22. The Morgan fingerprint density at radius 2 is 1.53 bits per heavy atom. The fourth-order valence-electron chi connectivity index (χ4n) is 4.05. The van der Waals surface area contributed by atoms with Crippen molar-refractivity contribution < 1.29 is 9.47 Å². The van der Waals surface area contributed by atoms with E-state index >= 15 is 0 Å². The van der Waals surface area contributed by atoms with E-state index in [4.69, 9.17) is 9.47 Å². The maximum absolute atomic E-state index is 5.70. The van der Waals surface area contributed by atoms with Gasteiger partial charge < -0.3 is 14.0 Å². The van der Waals surface area contributed by atoms with Crippen LogP contribution in [-0.2, 0) is 21.5 Å². The molecule has 30 heavy (non-hydrogen) atoms. The fraction of sp³-hybridized carbons (Fsp3) is 0.259. The van der Waals surface area contributed by atoms with Crippen LogP contribution in [0.15, 0.2) is 78.9 Å². The minimum absolute atomic E-state index is 0.0281. The van der Waals surface area contributed by atoms with E-state index in [-0.39, 0.29) is 12.2 Å². The number of aromatic nitrogens is 1. The molecule has 154 valence electrons. The highest BCUT2D eigenvalue weighted by atomic mass is 16.7. The monoisotopic (exact) mass is 399 g/mol. The molecule has 4 aromatic rings. The Morgan fingerprint density at radius 3 is 2.33 bits per heavy atom. The number of nitrogens with zero attached hydrogens (tertiary/aromatic N) is 1. The zero-order valence-electron chi connectivity index (χ0n) is 18.2. The van der Waals surface area contributed by atoms with E-state index < -0.39 is 0 Å². The molecule has 0 amide bonds. The van der Waals surface area contributed by atoms with Gasteiger partial charge in [-0.15, -0.1) is 0 Å². The van der Waals surface area contributed by atoms with Gasteiger partial charge in [-0.25, -0.2) is 0 Å². The summed E-state index contributed by atoms with van der Waals surface area (Å²) in [6, 6.07) is 28.0. The number of fused-ring (bicyclic) bond motifs is 1. The molecule has 0 aliphatic rings. The van der Waals surface area contributed by atoms with E-state index in [0.29, 0.717) is 6.61 Å². The molecule has 3 heteroatoms. The molecule has 0 unspecified atom stereocenters. The molecule has 4 rings (SSSR count). The zero-order chi connectivity index (χ0) is 21.1. The largest absolute Gasteiger partial charge is 0.359 e. The van der Waals surface area contributed by atoms with Crippen molar-refractivity contribution in [1.82, 2.24) is 4.57 Å². The van der Waals surface area contributed by atoms with Crippen LogP contribution >= 0.6 is 0 Å². The van der Waals surface area contributed by atoms with Gasteiger partial charge >= 0.3 is 0 Å². The van der Waals surface area contributed by atoms with Crippen molar-refractivity contribution in [3.8, 4) is 16.9 Å². The lowest BCUT2D eigenvalue weighted by atomic mass is 9.85. The van der Waals surface area contributed by atoms with Crippen molar-refractivity contribution in [3.63, 3.8) is 0 Å². The summed E-state index contributed by atoms with van der Waals surface area (Å²) in [5.41, 5.74) is 7.26. The second kappa shape index (κ2) is 8.47.